The van der Waals surface area contributed by atoms with Crippen LogP contribution in [0, 0.1) is 0 Å². The Morgan fingerprint density at radius 1 is 0.435 bits per heavy atom. The highest BCUT2D eigenvalue weighted by Gasteiger charge is 2.27. The summed E-state index contributed by atoms with van der Waals surface area (Å²) in [5, 5.41) is 0. The number of phosphoric ester groups is 1. The zero-order valence-electron chi connectivity index (χ0n) is 41.9. The van der Waals surface area contributed by atoms with Crippen LogP contribution in [0.15, 0.2) is 0 Å². The Morgan fingerprint density at radius 2 is 0.726 bits per heavy atom. The fourth-order valence-electron chi connectivity index (χ4n) is 7.96. The minimum Gasteiger partial charge on any atom is -0.462 e. The third-order valence-corrected chi connectivity index (χ3v) is 13.1. The average Bonchev–Trinajstić information content (AvgIpc) is 3.23. The second kappa shape index (κ2) is 45.2. The fraction of sp³-hybridized carbons (Fsp3) is 0.962. The summed E-state index contributed by atoms with van der Waals surface area (Å²) >= 11 is 0. The van der Waals surface area contributed by atoms with Crippen molar-refractivity contribution in [2.45, 2.75) is 277 Å². The molecule has 0 aromatic rings. The number of hydrogen-bond acceptors (Lipinski definition) is 7. The lowest BCUT2D eigenvalue weighted by Crippen LogP contribution is -2.37. The van der Waals surface area contributed by atoms with Crippen molar-refractivity contribution in [2.75, 3.05) is 47.5 Å². The molecule has 0 aromatic carbocycles. The van der Waals surface area contributed by atoms with Gasteiger partial charge in [-0.2, -0.15) is 0 Å². The summed E-state index contributed by atoms with van der Waals surface area (Å²) < 4.78 is 34.3. The van der Waals surface area contributed by atoms with Gasteiger partial charge in [0.1, 0.15) is 19.8 Å². The normalized spacial score (nSPS) is 13.3. The van der Waals surface area contributed by atoms with Gasteiger partial charge in [-0.25, -0.2) is 4.57 Å². The van der Waals surface area contributed by atoms with Crippen LogP contribution in [-0.4, -0.2) is 74.9 Å². The first kappa shape index (κ1) is 61.0. The Balaban J connectivity index is 3.91. The molecule has 0 fully saturated rings. The Morgan fingerprint density at radius 3 is 1.03 bits per heavy atom. The van der Waals surface area contributed by atoms with Crippen molar-refractivity contribution in [3.63, 3.8) is 0 Å². The quantitative estimate of drug-likeness (QED) is 0.0278. The van der Waals surface area contributed by atoms with Crippen LogP contribution in [0.25, 0.3) is 0 Å². The van der Waals surface area contributed by atoms with E-state index in [-0.39, 0.29) is 25.6 Å². The lowest BCUT2D eigenvalue weighted by atomic mass is 10.0. The van der Waals surface area contributed by atoms with Gasteiger partial charge in [-0.05, 0) is 12.8 Å². The number of ether oxygens (including phenoxy) is 2. The number of carbonyl (C=O) groups excluding carboxylic acids is 2. The van der Waals surface area contributed by atoms with E-state index in [0.717, 1.165) is 38.5 Å². The van der Waals surface area contributed by atoms with Gasteiger partial charge in [0, 0.05) is 12.8 Å². The molecule has 9 nitrogen and oxygen atoms in total. The molecule has 0 aromatic heterocycles. The molecular weight excluding hydrogens is 798 g/mol. The van der Waals surface area contributed by atoms with E-state index in [1.165, 1.54) is 205 Å². The van der Waals surface area contributed by atoms with Crippen molar-refractivity contribution in [2.24, 2.45) is 0 Å². The molecule has 0 aliphatic carbocycles. The van der Waals surface area contributed by atoms with Crippen LogP contribution in [-0.2, 0) is 32.7 Å². The van der Waals surface area contributed by atoms with Crippen molar-refractivity contribution in [1.29, 1.82) is 0 Å². The number of unbranched alkanes of at least 4 members (excludes halogenated alkanes) is 36. The highest BCUT2D eigenvalue weighted by Crippen LogP contribution is 2.43. The molecule has 10 heteroatoms. The maximum absolute atomic E-state index is 12.7. The number of rotatable bonds is 50. The number of esters is 2. The highest BCUT2D eigenvalue weighted by molar-refractivity contribution is 7.47. The number of carbonyl (C=O) groups is 2. The maximum Gasteiger partial charge on any atom is 0.472 e. The molecule has 0 radical (unpaired) electrons. The van der Waals surface area contributed by atoms with E-state index in [4.69, 9.17) is 18.5 Å². The van der Waals surface area contributed by atoms with Crippen LogP contribution in [0.4, 0.5) is 0 Å². The van der Waals surface area contributed by atoms with Crippen LogP contribution < -0.4 is 0 Å². The van der Waals surface area contributed by atoms with E-state index in [0.29, 0.717) is 17.4 Å². The maximum atomic E-state index is 12.7. The van der Waals surface area contributed by atoms with Crippen molar-refractivity contribution in [3.8, 4) is 0 Å². The van der Waals surface area contributed by atoms with Crippen LogP contribution in [0.3, 0.4) is 0 Å². The van der Waals surface area contributed by atoms with E-state index in [1.54, 1.807) is 0 Å². The van der Waals surface area contributed by atoms with Crippen LogP contribution in [0.2, 0.25) is 0 Å². The third kappa shape index (κ3) is 48.5. The summed E-state index contributed by atoms with van der Waals surface area (Å²) in [7, 11) is 1.50. The van der Waals surface area contributed by atoms with Crippen molar-refractivity contribution in [3.05, 3.63) is 0 Å². The number of phosphoric acid groups is 1. The molecule has 0 aliphatic heterocycles. The highest BCUT2D eigenvalue weighted by atomic mass is 31.2. The lowest BCUT2D eigenvalue weighted by molar-refractivity contribution is -0.870. The Labute approximate surface area is 384 Å². The molecule has 0 amide bonds. The first-order chi connectivity index (χ1) is 30.0. The van der Waals surface area contributed by atoms with E-state index in [1.807, 2.05) is 21.1 Å². The summed E-state index contributed by atoms with van der Waals surface area (Å²) in [6.45, 7) is 4.44. The van der Waals surface area contributed by atoms with Crippen molar-refractivity contribution in [1.82, 2.24) is 0 Å². The molecule has 1 N–H and O–H groups in total. The molecular formula is C52H105NO8P+. The molecule has 0 aliphatic rings. The number of hydrogen-bond donors (Lipinski definition) is 1. The Bertz CT molecular complexity index is 1020. The van der Waals surface area contributed by atoms with Gasteiger partial charge in [0.05, 0.1) is 27.7 Å². The second-order valence-electron chi connectivity index (χ2n) is 19.6. The zero-order chi connectivity index (χ0) is 45.7. The molecule has 2 atom stereocenters. The van der Waals surface area contributed by atoms with E-state index in [2.05, 4.69) is 13.8 Å². The minimum atomic E-state index is -4.37. The predicted molar refractivity (Wildman–Crippen MR) is 261 cm³/mol. The van der Waals surface area contributed by atoms with E-state index >= 15 is 0 Å². The van der Waals surface area contributed by atoms with Gasteiger partial charge in [-0.1, -0.05) is 245 Å². The molecule has 0 rings (SSSR count). The molecule has 2 unspecified atom stereocenters. The number of quaternary nitrogens is 1. The molecule has 0 heterocycles. The number of likely N-dealkylation sites (N-methyl/N-ethyl adjacent to an activating group) is 1. The van der Waals surface area contributed by atoms with Gasteiger partial charge in [0.15, 0.2) is 6.10 Å². The topological polar surface area (TPSA) is 108 Å². The molecule has 0 bridgehead atoms. The molecule has 370 valence electrons. The number of nitrogens with zero attached hydrogens (tertiary/aromatic N) is 1. The summed E-state index contributed by atoms with van der Waals surface area (Å²) in [6, 6.07) is 0. The van der Waals surface area contributed by atoms with Crippen LogP contribution in [0.1, 0.15) is 271 Å². The third-order valence-electron chi connectivity index (χ3n) is 12.1. The van der Waals surface area contributed by atoms with Gasteiger partial charge >= 0.3 is 19.8 Å². The molecule has 62 heavy (non-hydrogen) atoms. The molecule has 0 saturated carbocycles. The minimum absolute atomic E-state index is 0.0367. The monoisotopic (exact) mass is 903 g/mol. The summed E-state index contributed by atoms with van der Waals surface area (Å²) in [5.74, 6) is -0.786. The molecule has 0 saturated heterocycles. The fourth-order valence-corrected chi connectivity index (χ4v) is 8.70. The van der Waals surface area contributed by atoms with Gasteiger partial charge in [0.25, 0.3) is 0 Å². The van der Waals surface area contributed by atoms with E-state index < -0.39 is 26.5 Å². The summed E-state index contributed by atoms with van der Waals surface area (Å²) in [6.07, 6.45) is 49.2. The van der Waals surface area contributed by atoms with Gasteiger partial charge < -0.3 is 18.9 Å². The predicted octanol–water partition coefficient (Wildman–Crippen LogP) is 15.9. The van der Waals surface area contributed by atoms with Gasteiger partial charge in [0.2, 0.25) is 0 Å². The van der Waals surface area contributed by atoms with E-state index in [9.17, 15) is 19.0 Å². The zero-order valence-corrected chi connectivity index (χ0v) is 42.8. The van der Waals surface area contributed by atoms with Crippen LogP contribution in [0.5, 0.6) is 0 Å². The summed E-state index contributed by atoms with van der Waals surface area (Å²) in [4.78, 5) is 35.3. The summed E-state index contributed by atoms with van der Waals surface area (Å²) in [5.41, 5.74) is 0. The average molecular weight is 903 g/mol. The Kier molecular flexibility index (Phi) is 44.5. The first-order valence-electron chi connectivity index (χ1n) is 26.8. The largest absolute Gasteiger partial charge is 0.472 e. The second-order valence-corrected chi connectivity index (χ2v) is 21.1. The molecule has 0 spiro atoms. The van der Waals surface area contributed by atoms with Crippen LogP contribution >= 0.6 is 7.82 Å². The lowest BCUT2D eigenvalue weighted by Gasteiger charge is -2.24. The van der Waals surface area contributed by atoms with Crippen molar-refractivity contribution >= 4 is 19.8 Å². The van der Waals surface area contributed by atoms with Gasteiger partial charge in [-0.3, -0.25) is 18.6 Å². The standard InChI is InChI=1S/C52H104NO8P/c1-6-8-10-12-14-16-17-18-19-20-21-22-23-24-25-26-27-28-29-30-31-32-33-34-35-36-37-39-41-43-45-52(55)61-50(49-60-62(56,57)59-47-46-53(3,4)5)48-58-51(54)44-42-40-38-15-13-11-9-7-2/h50H,6-49H2,1-5H3/p+1. The SMILES string of the molecule is CCCCCCCCCCCCCCCCCCCCCCCCCCCCCCCCC(=O)OC(COC(=O)CCCCCCCCCC)COP(=O)(O)OCC[N+](C)(C)C. The van der Waals surface area contributed by atoms with Crippen molar-refractivity contribution < 1.29 is 42.1 Å². The first-order valence-corrected chi connectivity index (χ1v) is 28.3. The Hall–Kier alpha value is -0.990. The van der Waals surface area contributed by atoms with Gasteiger partial charge in [-0.15, -0.1) is 0 Å². The smallest absolute Gasteiger partial charge is 0.462 e.